The number of amides is 2. The van der Waals surface area contributed by atoms with Gasteiger partial charge in [0.15, 0.2) is 0 Å². The summed E-state index contributed by atoms with van der Waals surface area (Å²) in [4.78, 5) is 47.9. The number of likely N-dealkylation sites (tertiary alicyclic amines) is 1. The summed E-state index contributed by atoms with van der Waals surface area (Å²) in [6.07, 6.45) is 6.15. The van der Waals surface area contributed by atoms with Crippen LogP contribution in [0.15, 0.2) is 72.0 Å². The molecule has 13 nitrogen and oxygen atoms in total. The van der Waals surface area contributed by atoms with Gasteiger partial charge in [0.25, 0.3) is 5.56 Å². The maximum atomic E-state index is 13.6. The standard InChI is InChI=1S/C32H38N8O5.H2S/c41-29(8-12-37-16-18-45-19-17-37)35-25-6-7-26-27(21-25)33-23-39(30(26)42)22-32(44)9-13-38(14-10-32)31(43)28(40-15-11-34-36-40)20-24-4-2-1-3-5-24;/h1-7,11,15,21,23,28,44H,8-10,12-14,16-20,22H2,(H,35,41);1H2/t28-;/m0./s1. The Balaban J connectivity index is 0.00000417. The molecule has 244 valence electrons. The third-order valence-electron chi connectivity index (χ3n) is 8.66. The number of piperidine rings is 1. The Kier molecular flexibility index (Phi) is 10.8. The maximum absolute atomic E-state index is 13.6. The number of benzene rings is 2. The van der Waals surface area contributed by atoms with Crippen molar-refractivity contribution in [3.63, 3.8) is 0 Å². The van der Waals surface area contributed by atoms with E-state index in [0.717, 1.165) is 18.7 Å². The molecule has 2 aromatic heterocycles. The molecule has 2 aromatic carbocycles. The van der Waals surface area contributed by atoms with Crippen LogP contribution >= 0.6 is 13.5 Å². The molecule has 2 aliphatic heterocycles. The van der Waals surface area contributed by atoms with E-state index in [2.05, 4.69) is 25.5 Å². The van der Waals surface area contributed by atoms with Gasteiger partial charge in [-0.15, -0.1) is 5.10 Å². The number of anilines is 1. The number of aliphatic hydroxyl groups is 1. The molecule has 0 unspecified atom stereocenters. The number of morpholine rings is 1. The van der Waals surface area contributed by atoms with Crippen LogP contribution in [-0.4, -0.2) is 103 Å². The molecule has 0 aliphatic carbocycles. The van der Waals surface area contributed by atoms with E-state index < -0.39 is 11.6 Å². The van der Waals surface area contributed by atoms with Crippen LogP contribution in [0, 0.1) is 0 Å². The minimum atomic E-state index is -1.17. The lowest BCUT2D eigenvalue weighted by atomic mass is 9.90. The zero-order valence-electron chi connectivity index (χ0n) is 25.6. The Morgan fingerprint density at radius 1 is 1.04 bits per heavy atom. The molecule has 46 heavy (non-hydrogen) atoms. The van der Waals surface area contributed by atoms with Crippen LogP contribution in [0.4, 0.5) is 5.69 Å². The number of aromatic nitrogens is 5. The lowest BCUT2D eigenvalue weighted by molar-refractivity contribution is -0.139. The summed E-state index contributed by atoms with van der Waals surface area (Å²) in [6, 6.07) is 14.3. The fourth-order valence-corrected chi connectivity index (χ4v) is 6.00. The zero-order valence-corrected chi connectivity index (χ0v) is 26.6. The normalized spacial score (nSPS) is 17.3. The van der Waals surface area contributed by atoms with Crippen molar-refractivity contribution in [2.45, 2.75) is 43.9 Å². The predicted octanol–water partition coefficient (Wildman–Crippen LogP) is 1.60. The molecule has 0 saturated carbocycles. The van der Waals surface area contributed by atoms with Crippen LogP contribution in [0.2, 0.25) is 0 Å². The van der Waals surface area contributed by atoms with Gasteiger partial charge >= 0.3 is 0 Å². The highest BCUT2D eigenvalue weighted by molar-refractivity contribution is 7.59. The van der Waals surface area contributed by atoms with Gasteiger partial charge in [0.2, 0.25) is 11.8 Å². The van der Waals surface area contributed by atoms with Gasteiger partial charge in [0, 0.05) is 57.4 Å². The van der Waals surface area contributed by atoms with E-state index >= 15 is 0 Å². The molecule has 14 heteroatoms. The summed E-state index contributed by atoms with van der Waals surface area (Å²) in [7, 11) is 0. The summed E-state index contributed by atoms with van der Waals surface area (Å²) >= 11 is 0. The van der Waals surface area contributed by atoms with E-state index in [4.69, 9.17) is 4.74 Å². The van der Waals surface area contributed by atoms with Gasteiger partial charge in [-0.1, -0.05) is 35.5 Å². The second-order valence-electron chi connectivity index (χ2n) is 11.8. The molecular weight excluding hydrogens is 608 g/mol. The third-order valence-corrected chi connectivity index (χ3v) is 8.66. The van der Waals surface area contributed by atoms with Crippen molar-refractivity contribution in [3.8, 4) is 0 Å². The van der Waals surface area contributed by atoms with E-state index in [-0.39, 0.29) is 37.4 Å². The van der Waals surface area contributed by atoms with Crippen molar-refractivity contribution < 1.29 is 19.4 Å². The smallest absolute Gasteiger partial charge is 0.261 e. The second kappa shape index (κ2) is 15.0. The lowest BCUT2D eigenvalue weighted by Crippen LogP contribution is -2.51. The highest BCUT2D eigenvalue weighted by atomic mass is 32.1. The Bertz CT molecular complexity index is 1670. The van der Waals surface area contributed by atoms with Crippen LogP contribution in [-0.2, 0) is 27.3 Å². The van der Waals surface area contributed by atoms with E-state index in [1.807, 2.05) is 30.3 Å². The fraction of sp³-hybridized carbons (Fsp3) is 0.438. The van der Waals surface area contributed by atoms with Crippen molar-refractivity contribution in [3.05, 3.63) is 83.2 Å². The second-order valence-corrected chi connectivity index (χ2v) is 11.8. The van der Waals surface area contributed by atoms with Gasteiger partial charge in [-0.3, -0.25) is 23.9 Å². The summed E-state index contributed by atoms with van der Waals surface area (Å²) in [5, 5.41) is 22.7. The minimum Gasteiger partial charge on any atom is -0.388 e. The molecule has 2 saturated heterocycles. The zero-order chi connectivity index (χ0) is 31.2. The summed E-state index contributed by atoms with van der Waals surface area (Å²) < 4.78 is 8.36. The Labute approximate surface area is 273 Å². The Morgan fingerprint density at radius 2 is 1.80 bits per heavy atom. The fourth-order valence-electron chi connectivity index (χ4n) is 6.00. The van der Waals surface area contributed by atoms with Gasteiger partial charge in [-0.2, -0.15) is 13.5 Å². The largest absolute Gasteiger partial charge is 0.388 e. The van der Waals surface area contributed by atoms with Gasteiger partial charge in [0.1, 0.15) is 6.04 Å². The molecule has 2 fully saturated rings. The van der Waals surface area contributed by atoms with E-state index in [1.54, 1.807) is 40.2 Å². The molecule has 6 rings (SSSR count). The van der Waals surface area contributed by atoms with Crippen molar-refractivity contribution in [2.24, 2.45) is 0 Å². The molecule has 4 heterocycles. The first-order chi connectivity index (χ1) is 21.9. The molecule has 2 amide bonds. The highest BCUT2D eigenvalue weighted by Crippen LogP contribution is 2.27. The van der Waals surface area contributed by atoms with Crippen molar-refractivity contribution in [1.82, 2.24) is 34.3 Å². The van der Waals surface area contributed by atoms with Gasteiger partial charge < -0.3 is 20.1 Å². The number of ether oxygens (including phenoxy) is 1. The summed E-state index contributed by atoms with van der Waals surface area (Å²) in [5.74, 6) is -0.186. The van der Waals surface area contributed by atoms with Gasteiger partial charge in [-0.25, -0.2) is 9.67 Å². The summed E-state index contributed by atoms with van der Waals surface area (Å²) in [5.41, 5.74) is 0.609. The van der Waals surface area contributed by atoms with Crippen LogP contribution in [0.1, 0.15) is 30.9 Å². The third kappa shape index (κ3) is 7.99. The molecule has 0 radical (unpaired) electrons. The number of hydrogen-bond donors (Lipinski definition) is 2. The van der Waals surface area contributed by atoms with Crippen molar-refractivity contribution in [1.29, 1.82) is 0 Å². The van der Waals surface area contributed by atoms with Crippen LogP contribution in [0.3, 0.4) is 0 Å². The molecule has 2 N–H and O–H groups in total. The minimum absolute atomic E-state index is 0. The number of carbonyl (C=O) groups is 2. The van der Waals surface area contributed by atoms with E-state index in [0.29, 0.717) is 75.1 Å². The molecular formula is C32H40N8O5S. The lowest BCUT2D eigenvalue weighted by Gasteiger charge is -2.39. The number of fused-ring (bicyclic) bond motifs is 1. The topological polar surface area (TPSA) is 148 Å². The number of hydrogen-bond acceptors (Lipinski definition) is 9. The quantitative estimate of drug-likeness (QED) is 0.262. The number of nitrogens with zero attached hydrogens (tertiary/aromatic N) is 7. The first-order valence-corrected chi connectivity index (χ1v) is 15.4. The first-order valence-electron chi connectivity index (χ1n) is 15.4. The van der Waals surface area contributed by atoms with Gasteiger partial charge in [-0.05, 0) is 36.6 Å². The maximum Gasteiger partial charge on any atom is 0.261 e. The summed E-state index contributed by atoms with van der Waals surface area (Å²) in [6.45, 7) is 4.44. The Morgan fingerprint density at radius 3 is 2.52 bits per heavy atom. The number of nitrogens with one attached hydrogen (secondary N) is 1. The van der Waals surface area contributed by atoms with Crippen molar-refractivity contribution >= 4 is 41.9 Å². The van der Waals surface area contributed by atoms with Gasteiger partial charge in [0.05, 0.1) is 48.8 Å². The molecule has 1 atom stereocenters. The van der Waals surface area contributed by atoms with E-state index in [1.165, 1.54) is 10.9 Å². The molecule has 2 aliphatic rings. The number of carbonyl (C=O) groups excluding carboxylic acids is 2. The highest BCUT2D eigenvalue weighted by Gasteiger charge is 2.37. The van der Waals surface area contributed by atoms with Crippen molar-refractivity contribution in [2.75, 3.05) is 51.3 Å². The number of rotatable bonds is 10. The van der Waals surface area contributed by atoms with Crippen LogP contribution < -0.4 is 10.9 Å². The van der Waals surface area contributed by atoms with E-state index in [9.17, 15) is 19.5 Å². The predicted molar refractivity (Wildman–Crippen MR) is 177 cm³/mol. The van der Waals surface area contributed by atoms with Crippen LogP contribution in [0.5, 0.6) is 0 Å². The average Bonchev–Trinajstić information content (AvgIpc) is 3.60. The average molecular weight is 649 g/mol. The molecule has 0 bridgehead atoms. The monoisotopic (exact) mass is 648 g/mol. The first kappa shape index (κ1) is 33.3. The van der Waals surface area contributed by atoms with Crippen LogP contribution in [0.25, 0.3) is 10.9 Å². The molecule has 4 aromatic rings. The SMILES string of the molecule is O=C(CCN1CCOCC1)Nc1ccc2c(=O)n(CC3(O)CCN(C(=O)[C@H](Cc4ccccc4)n4ccnn4)CC3)cnc2c1.S. The Hall–Kier alpha value is -4.11. The molecule has 0 spiro atoms.